The molecule has 0 aliphatic rings. The first-order chi connectivity index (χ1) is 7.06. The first-order valence-electron chi connectivity index (χ1n) is 5.26. The van der Waals surface area contributed by atoms with Gasteiger partial charge in [-0.3, -0.25) is 4.79 Å². The second-order valence-electron chi connectivity index (χ2n) is 4.86. The summed E-state index contributed by atoms with van der Waals surface area (Å²) in [5.74, 6) is -0.126. The molecule has 0 aromatic rings. The van der Waals surface area contributed by atoms with E-state index in [4.69, 9.17) is 0 Å². The van der Waals surface area contributed by atoms with E-state index in [2.05, 4.69) is 10.6 Å². The van der Waals surface area contributed by atoms with E-state index in [9.17, 15) is 13.2 Å². The summed E-state index contributed by atoms with van der Waals surface area (Å²) in [6.45, 7) is 7.41. The molecule has 96 valence electrons. The van der Waals surface area contributed by atoms with Crippen LogP contribution in [-0.4, -0.2) is 44.5 Å². The van der Waals surface area contributed by atoms with Crippen molar-refractivity contribution in [2.24, 2.45) is 0 Å². The Morgan fingerprint density at radius 3 is 2.19 bits per heavy atom. The van der Waals surface area contributed by atoms with Crippen LogP contribution in [0.2, 0.25) is 0 Å². The van der Waals surface area contributed by atoms with E-state index in [1.54, 1.807) is 13.8 Å². The minimum Gasteiger partial charge on any atom is -0.353 e. The topological polar surface area (TPSA) is 75.3 Å². The van der Waals surface area contributed by atoms with Crippen LogP contribution < -0.4 is 10.6 Å². The van der Waals surface area contributed by atoms with Crippen LogP contribution in [0.4, 0.5) is 0 Å². The van der Waals surface area contributed by atoms with E-state index >= 15 is 0 Å². The monoisotopic (exact) mass is 250 g/mol. The van der Waals surface area contributed by atoms with Crippen LogP contribution in [0, 0.1) is 0 Å². The van der Waals surface area contributed by atoms with Crippen LogP contribution in [-0.2, 0) is 14.6 Å². The standard InChI is InChI=1S/C10H22N2O3S/c1-8(2)12-9(13)6-11-7-10(3,4)16(5,14)15/h8,11H,6-7H2,1-5H3,(H,12,13). The van der Waals surface area contributed by atoms with E-state index in [0.717, 1.165) is 0 Å². The van der Waals surface area contributed by atoms with Gasteiger partial charge in [-0.05, 0) is 27.7 Å². The lowest BCUT2D eigenvalue weighted by Gasteiger charge is -2.22. The highest BCUT2D eigenvalue weighted by atomic mass is 32.2. The van der Waals surface area contributed by atoms with Gasteiger partial charge in [-0.25, -0.2) is 8.42 Å². The average molecular weight is 250 g/mol. The Kier molecular flexibility index (Phi) is 5.41. The van der Waals surface area contributed by atoms with Crippen LogP contribution in [0.1, 0.15) is 27.7 Å². The molecule has 0 bridgehead atoms. The number of carbonyl (C=O) groups is 1. The molecule has 16 heavy (non-hydrogen) atoms. The second-order valence-corrected chi connectivity index (χ2v) is 7.51. The van der Waals surface area contributed by atoms with E-state index in [0.29, 0.717) is 0 Å². The minimum atomic E-state index is -3.12. The van der Waals surface area contributed by atoms with Gasteiger partial charge in [0, 0.05) is 18.8 Å². The van der Waals surface area contributed by atoms with Crippen LogP contribution in [0.3, 0.4) is 0 Å². The lowest BCUT2D eigenvalue weighted by molar-refractivity contribution is -0.120. The Morgan fingerprint density at radius 1 is 1.31 bits per heavy atom. The molecule has 0 rings (SSSR count). The molecule has 6 heteroatoms. The zero-order valence-electron chi connectivity index (χ0n) is 10.6. The SMILES string of the molecule is CC(C)NC(=O)CNCC(C)(C)S(C)(=O)=O. The van der Waals surface area contributed by atoms with Gasteiger partial charge in [-0.1, -0.05) is 0 Å². The quantitative estimate of drug-likeness (QED) is 0.691. The molecule has 0 aromatic carbocycles. The Labute approximate surface area is 97.9 Å². The molecule has 1 amide bonds. The smallest absolute Gasteiger partial charge is 0.234 e. The zero-order valence-corrected chi connectivity index (χ0v) is 11.4. The predicted molar refractivity (Wildman–Crippen MR) is 65.1 cm³/mol. The summed E-state index contributed by atoms with van der Waals surface area (Å²) in [7, 11) is -3.12. The summed E-state index contributed by atoms with van der Waals surface area (Å²) in [6, 6.07) is 0.0946. The van der Waals surface area contributed by atoms with Crippen molar-refractivity contribution < 1.29 is 13.2 Å². The maximum absolute atomic E-state index is 11.4. The molecule has 2 N–H and O–H groups in total. The summed E-state index contributed by atoms with van der Waals surface area (Å²) in [5, 5.41) is 5.56. The van der Waals surface area contributed by atoms with Gasteiger partial charge in [-0.15, -0.1) is 0 Å². The highest BCUT2D eigenvalue weighted by Gasteiger charge is 2.29. The van der Waals surface area contributed by atoms with Crippen molar-refractivity contribution in [3.8, 4) is 0 Å². The lowest BCUT2D eigenvalue weighted by atomic mass is 10.2. The van der Waals surface area contributed by atoms with E-state index in [1.165, 1.54) is 6.26 Å². The molecule has 0 saturated carbocycles. The minimum absolute atomic E-state index is 0.0946. The summed E-state index contributed by atoms with van der Waals surface area (Å²) in [4.78, 5) is 11.3. The molecule has 0 fully saturated rings. The number of hydrogen-bond acceptors (Lipinski definition) is 4. The number of nitrogens with one attached hydrogen (secondary N) is 2. The third kappa shape index (κ3) is 5.46. The van der Waals surface area contributed by atoms with Crippen molar-refractivity contribution in [2.45, 2.75) is 38.5 Å². The van der Waals surface area contributed by atoms with Gasteiger partial charge in [0.2, 0.25) is 5.91 Å². The highest BCUT2D eigenvalue weighted by molar-refractivity contribution is 7.92. The Balaban J connectivity index is 4.05. The van der Waals surface area contributed by atoms with Crippen LogP contribution in [0.15, 0.2) is 0 Å². The molecule has 0 spiro atoms. The van der Waals surface area contributed by atoms with Crippen LogP contribution in [0.25, 0.3) is 0 Å². The van der Waals surface area contributed by atoms with Gasteiger partial charge < -0.3 is 10.6 Å². The summed E-state index contributed by atoms with van der Waals surface area (Å²) in [5.41, 5.74) is 0. The fourth-order valence-corrected chi connectivity index (χ4v) is 1.35. The van der Waals surface area contributed by atoms with Crippen molar-refractivity contribution in [2.75, 3.05) is 19.3 Å². The Hall–Kier alpha value is -0.620. The van der Waals surface area contributed by atoms with Gasteiger partial charge in [0.1, 0.15) is 0 Å². The summed E-state index contributed by atoms with van der Waals surface area (Å²) >= 11 is 0. The van der Waals surface area contributed by atoms with Crippen molar-refractivity contribution in [1.82, 2.24) is 10.6 Å². The molecule has 0 aromatic heterocycles. The highest BCUT2D eigenvalue weighted by Crippen LogP contribution is 2.12. The number of sulfone groups is 1. The fourth-order valence-electron chi connectivity index (χ4n) is 0.981. The third-order valence-corrected chi connectivity index (χ3v) is 4.44. The van der Waals surface area contributed by atoms with E-state index < -0.39 is 14.6 Å². The second kappa shape index (κ2) is 5.63. The van der Waals surface area contributed by atoms with Gasteiger partial charge >= 0.3 is 0 Å². The molecule has 0 radical (unpaired) electrons. The molecule has 0 atom stereocenters. The molecule has 0 unspecified atom stereocenters. The number of carbonyl (C=O) groups excluding carboxylic acids is 1. The summed E-state index contributed by atoms with van der Waals surface area (Å²) < 4.78 is 21.9. The molecule has 0 aliphatic carbocycles. The fraction of sp³-hybridized carbons (Fsp3) is 0.900. The molecular weight excluding hydrogens is 228 g/mol. The summed E-state index contributed by atoms with van der Waals surface area (Å²) in [6.07, 6.45) is 1.20. The molecule has 0 saturated heterocycles. The number of amides is 1. The van der Waals surface area contributed by atoms with Crippen LogP contribution >= 0.6 is 0 Å². The van der Waals surface area contributed by atoms with Gasteiger partial charge in [-0.2, -0.15) is 0 Å². The van der Waals surface area contributed by atoms with E-state index in [-0.39, 0.29) is 25.0 Å². The molecule has 5 nitrogen and oxygen atoms in total. The maximum Gasteiger partial charge on any atom is 0.234 e. The first-order valence-corrected chi connectivity index (χ1v) is 7.15. The Bertz CT molecular complexity index is 334. The molecular formula is C10H22N2O3S. The molecule has 0 heterocycles. The average Bonchev–Trinajstić information content (AvgIpc) is 1.99. The first kappa shape index (κ1) is 15.4. The normalized spacial score (nSPS) is 12.9. The lowest BCUT2D eigenvalue weighted by Crippen LogP contribution is -2.45. The van der Waals surface area contributed by atoms with Gasteiger partial charge in [0.15, 0.2) is 9.84 Å². The predicted octanol–water partition coefficient (Wildman–Crippen LogP) is -0.0762. The van der Waals surface area contributed by atoms with Crippen molar-refractivity contribution in [3.05, 3.63) is 0 Å². The molecule has 0 aliphatic heterocycles. The largest absolute Gasteiger partial charge is 0.353 e. The third-order valence-electron chi connectivity index (χ3n) is 2.29. The van der Waals surface area contributed by atoms with Crippen molar-refractivity contribution >= 4 is 15.7 Å². The maximum atomic E-state index is 11.4. The van der Waals surface area contributed by atoms with Crippen LogP contribution in [0.5, 0.6) is 0 Å². The van der Waals surface area contributed by atoms with Crippen molar-refractivity contribution in [1.29, 1.82) is 0 Å². The zero-order chi connectivity index (χ0) is 13.0. The van der Waals surface area contributed by atoms with E-state index in [1.807, 2.05) is 13.8 Å². The number of hydrogen-bond donors (Lipinski definition) is 2. The van der Waals surface area contributed by atoms with Gasteiger partial charge in [0.25, 0.3) is 0 Å². The van der Waals surface area contributed by atoms with Crippen molar-refractivity contribution in [3.63, 3.8) is 0 Å². The number of rotatable bonds is 6. The Morgan fingerprint density at radius 2 is 1.81 bits per heavy atom. The van der Waals surface area contributed by atoms with Gasteiger partial charge in [0.05, 0.1) is 11.3 Å².